The fraction of sp³-hybridized carbons (Fsp3) is 0.364. The van der Waals surface area contributed by atoms with Gasteiger partial charge < -0.3 is 5.11 Å². The minimum absolute atomic E-state index is 0.222. The van der Waals surface area contributed by atoms with Crippen LogP contribution in [0.1, 0.15) is 5.56 Å². The number of hydrogen-bond acceptors (Lipinski definition) is 2. The van der Waals surface area contributed by atoms with Crippen molar-refractivity contribution in [2.45, 2.75) is 12.7 Å². The number of aliphatic carboxylic acids is 1. The fourth-order valence-electron chi connectivity index (χ4n) is 1.51. The number of hydrogen-bond donors (Lipinski definition) is 1. The first-order valence-electron chi connectivity index (χ1n) is 5.12. The Hall–Kier alpha value is -1.34. The smallest absolute Gasteiger partial charge is 0.401 e. The van der Waals surface area contributed by atoms with Crippen LogP contribution in [0.3, 0.4) is 0 Å². The van der Waals surface area contributed by atoms with Crippen molar-refractivity contribution >= 4 is 17.6 Å². The van der Waals surface area contributed by atoms with Crippen molar-refractivity contribution in [3.63, 3.8) is 0 Å². The van der Waals surface area contributed by atoms with Crippen molar-refractivity contribution in [1.29, 1.82) is 0 Å². The maximum Gasteiger partial charge on any atom is 0.401 e. The summed E-state index contributed by atoms with van der Waals surface area (Å²) in [5, 5.41) is 8.34. The summed E-state index contributed by atoms with van der Waals surface area (Å²) in [5.41, 5.74) is 0.303. The minimum Gasteiger partial charge on any atom is -0.480 e. The van der Waals surface area contributed by atoms with Gasteiger partial charge in [-0.15, -0.1) is 0 Å². The van der Waals surface area contributed by atoms with Crippen molar-refractivity contribution in [2.24, 2.45) is 0 Å². The first-order chi connectivity index (χ1) is 8.67. The summed E-state index contributed by atoms with van der Waals surface area (Å²) in [4.78, 5) is 11.2. The second kappa shape index (κ2) is 6.21. The van der Waals surface area contributed by atoms with Crippen LogP contribution in [0.2, 0.25) is 5.02 Å². The number of halogens is 5. The third-order valence-corrected chi connectivity index (χ3v) is 2.44. The summed E-state index contributed by atoms with van der Waals surface area (Å²) in [6, 6.07) is 3.44. The van der Waals surface area contributed by atoms with E-state index in [-0.39, 0.29) is 11.6 Å². The highest BCUT2D eigenvalue weighted by molar-refractivity contribution is 6.30. The Morgan fingerprint density at radius 1 is 1.37 bits per heavy atom. The standard InChI is InChI=1S/C11H10ClF4NO2/c12-8-3-7(1-2-9(8)13)4-17(5-10(18)19)6-11(14,15)16/h1-3H,4-6H2,(H,18,19). The zero-order chi connectivity index (χ0) is 14.6. The van der Waals surface area contributed by atoms with Crippen molar-refractivity contribution in [3.8, 4) is 0 Å². The van der Waals surface area contributed by atoms with E-state index in [1.807, 2.05) is 0 Å². The lowest BCUT2D eigenvalue weighted by Gasteiger charge is -2.21. The Morgan fingerprint density at radius 3 is 2.47 bits per heavy atom. The molecule has 1 aromatic rings. The number of nitrogens with zero attached hydrogens (tertiary/aromatic N) is 1. The summed E-state index contributed by atoms with van der Waals surface area (Å²) in [6.07, 6.45) is -4.51. The van der Waals surface area contributed by atoms with E-state index in [1.54, 1.807) is 0 Å². The van der Waals surface area contributed by atoms with Crippen molar-refractivity contribution in [1.82, 2.24) is 4.90 Å². The molecule has 0 heterocycles. The summed E-state index contributed by atoms with van der Waals surface area (Å²) in [6.45, 7) is -2.42. The van der Waals surface area contributed by atoms with E-state index in [4.69, 9.17) is 16.7 Å². The molecular formula is C11H10ClF4NO2. The quantitative estimate of drug-likeness (QED) is 0.850. The van der Waals surface area contributed by atoms with Crippen LogP contribution in [0.4, 0.5) is 17.6 Å². The Kier molecular flexibility index (Phi) is 5.13. The number of carboxylic acid groups (broad SMARTS) is 1. The number of rotatable bonds is 5. The first-order valence-corrected chi connectivity index (χ1v) is 5.50. The van der Waals surface area contributed by atoms with Crippen LogP contribution in [0.15, 0.2) is 18.2 Å². The van der Waals surface area contributed by atoms with Gasteiger partial charge in [-0.1, -0.05) is 17.7 Å². The molecule has 0 spiro atoms. The Bertz CT molecular complexity index is 464. The third kappa shape index (κ3) is 5.89. The molecule has 0 radical (unpaired) electrons. The van der Waals surface area contributed by atoms with E-state index in [9.17, 15) is 22.4 Å². The van der Waals surface area contributed by atoms with Crippen LogP contribution in [0.25, 0.3) is 0 Å². The normalized spacial score (nSPS) is 11.9. The summed E-state index contributed by atoms with van der Waals surface area (Å²) in [5.74, 6) is -2.07. The van der Waals surface area contributed by atoms with E-state index in [0.29, 0.717) is 10.5 Å². The van der Waals surface area contributed by atoms with Crippen molar-refractivity contribution < 1.29 is 27.5 Å². The van der Waals surface area contributed by atoms with Gasteiger partial charge in [-0.05, 0) is 17.7 Å². The van der Waals surface area contributed by atoms with Crippen LogP contribution in [-0.2, 0) is 11.3 Å². The SMILES string of the molecule is O=C(O)CN(Cc1ccc(F)c(Cl)c1)CC(F)(F)F. The van der Waals surface area contributed by atoms with Crippen molar-refractivity contribution in [2.75, 3.05) is 13.1 Å². The zero-order valence-corrected chi connectivity index (χ0v) is 10.3. The molecule has 3 nitrogen and oxygen atoms in total. The average Bonchev–Trinajstić information content (AvgIpc) is 2.20. The van der Waals surface area contributed by atoms with E-state index in [0.717, 1.165) is 6.07 Å². The lowest BCUT2D eigenvalue weighted by Crippen LogP contribution is -2.37. The summed E-state index contributed by atoms with van der Waals surface area (Å²) in [7, 11) is 0. The van der Waals surface area contributed by atoms with Gasteiger partial charge in [-0.25, -0.2) is 4.39 Å². The molecule has 0 aliphatic heterocycles. The summed E-state index contributed by atoms with van der Waals surface area (Å²) >= 11 is 5.50. The molecule has 0 aliphatic rings. The second-order valence-electron chi connectivity index (χ2n) is 3.90. The molecule has 1 rings (SSSR count). The first kappa shape index (κ1) is 15.7. The van der Waals surface area contributed by atoms with Gasteiger partial charge in [0, 0.05) is 6.54 Å². The molecular weight excluding hydrogens is 290 g/mol. The topological polar surface area (TPSA) is 40.5 Å². The zero-order valence-electron chi connectivity index (χ0n) is 9.55. The average molecular weight is 300 g/mol. The highest BCUT2D eigenvalue weighted by atomic mass is 35.5. The van der Waals surface area contributed by atoms with Gasteiger partial charge in [0.25, 0.3) is 0 Å². The van der Waals surface area contributed by atoms with Gasteiger partial charge in [0.1, 0.15) is 5.82 Å². The van der Waals surface area contributed by atoms with Gasteiger partial charge in [0.05, 0.1) is 18.1 Å². The van der Waals surface area contributed by atoms with Crippen LogP contribution in [-0.4, -0.2) is 35.2 Å². The predicted molar refractivity (Wildman–Crippen MR) is 60.4 cm³/mol. The molecule has 0 aromatic heterocycles. The molecule has 0 aliphatic carbocycles. The maximum atomic E-state index is 12.9. The van der Waals surface area contributed by atoms with Gasteiger partial charge >= 0.3 is 12.1 Å². The molecule has 1 N–H and O–H groups in total. The number of carbonyl (C=O) groups is 1. The van der Waals surface area contributed by atoms with Crippen LogP contribution in [0.5, 0.6) is 0 Å². The molecule has 0 amide bonds. The van der Waals surface area contributed by atoms with E-state index < -0.39 is 31.1 Å². The van der Waals surface area contributed by atoms with Crippen LogP contribution in [0, 0.1) is 5.82 Å². The van der Waals surface area contributed by atoms with E-state index in [1.165, 1.54) is 12.1 Å². The van der Waals surface area contributed by atoms with Crippen LogP contribution >= 0.6 is 11.6 Å². The largest absolute Gasteiger partial charge is 0.480 e. The molecule has 0 saturated carbocycles. The molecule has 19 heavy (non-hydrogen) atoms. The van der Waals surface area contributed by atoms with Gasteiger partial charge in [0.2, 0.25) is 0 Å². The fourth-order valence-corrected chi connectivity index (χ4v) is 1.71. The van der Waals surface area contributed by atoms with Gasteiger partial charge in [-0.3, -0.25) is 9.69 Å². The minimum atomic E-state index is -4.51. The molecule has 0 atom stereocenters. The van der Waals surface area contributed by atoms with Gasteiger partial charge in [0.15, 0.2) is 0 Å². The molecule has 0 bridgehead atoms. The van der Waals surface area contributed by atoms with E-state index in [2.05, 4.69) is 0 Å². The highest BCUT2D eigenvalue weighted by Gasteiger charge is 2.31. The third-order valence-electron chi connectivity index (χ3n) is 2.15. The highest BCUT2D eigenvalue weighted by Crippen LogP contribution is 2.20. The molecule has 0 fully saturated rings. The lowest BCUT2D eigenvalue weighted by atomic mass is 10.2. The summed E-state index contributed by atoms with van der Waals surface area (Å²) < 4.78 is 49.7. The number of benzene rings is 1. The molecule has 0 saturated heterocycles. The molecule has 1 aromatic carbocycles. The molecule has 106 valence electrons. The Morgan fingerprint density at radius 2 is 2.00 bits per heavy atom. The number of carboxylic acids is 1. The monoisotopic (exact) mass is 299 g/mol. The molecule has 8 heteroatoms. The van der Waals surface area contributed by atoms with Gasteiger partial charge in [-0.2, -0.15) is 13.2 Å². The van der Waals surface area contributed by atoms with Crippen LogP contribution < -0.4 is 0 Å². The Balaban J connectivity index is 2.81. The maximum absolute atomic E-state index is 12.9. The lowest BCUT2D eigenvalue weighted by molar-refractivity contribution is -0.154. The molecule has 0 unspecified atom stereocenters. The number of alkyl halides is 3. The van der Waals surface area contributed by atoms with Crippen molar-refractivity contribution in [3.05, 3.63) is 34.6 Å². The van der Waals surface area contributed by atoms with E-state index >= 15 is 0 Å². The predicted octanol–water partition coefficient (Wildman–Crippen LogP) is 2.93. The second-order valence-corrected chi connectivity index (χ2v) is 4.31. The Labute approximate surface area is 111 Å².